The maximum absolute atomic E-state index is 4.49. The Morgan fingerprint density at radius 2 is 2.05 bits per heavy atom. The van der Waals surface area contributed by atoms with E-state index >= 15 is 0 Å². The Morgan fingerprint density at radius 3 is 2.95 bits per heavy atom. The van der Waals surface area contributed by atoms with Crippen LogP contribution in [-0.4, -0.2) is 23.1 Å². The van der Waals surface area contributed by atoms with Crippen LogP contribution in [0.4, 0.5) is 0 Å². The van der Waals surface area contributed by atoms with Gasteiger partial charge in [-0.25, -0.2) is 4.98 Å². The zero-order valence-electron chi connectivity index (χ0n) is 11.5. The van der Waals surface area contributed by atoms with Gasteiger partial charge in [0.15, 0.2) is 0 Å². The predicted octanol–water partition coefficient (Wildman–Crippen LogP) is 3.26. The number of nitrogens with one attached hydrogen (secondary N) is 2. The second-order valence-corrected chi connectivity index (χ2v) is 5.78. The molecule has 1 aliphatic rings. The molecule has 0 unspecified atom stereocenters. The van der Waals surface area contributed by atoms with Crippen molar-refractivity contribution in [1.82, 2.24) is 15.3 Å². The SMILES string of the molecule is c1cc(CC2CCNCC2)c2c(c1)cnc1[nH]ccc12. The lowest BCUT2D eigenvalue weighted by molar-refractivity contribution is 0.373. The largest absolute Gasteiger partial charge is 0.346 e. The van der Waals surface area contributed by atoms with Crippen LogP contribution in [0.2, 0.25) is 0 Å². The Morgan fingerprint density at radius 1 is 1.15 bits per heavy atom. The van der Waals surface area contributed by atoms with Crippen molar-refractivity contribution in [2.75, 3.05) is 13.1 Å². The summed E-state index contributed by atoms with van der Waals surface area (Å²) in [6.45, 7) is 2.33. The lowest BCUT2D eigenvalue weighted by atomic mass is 9.88. The van der Waals surface area contributed by atoms with Crippen molar-refractivity contribution in [3.8, 4) is 0 Å². The number of hydrogen-bond acceptors (Lipinski definition) is 2. The number of fused-ring (bicyclic) bond motifs is 3. The van der Waals surface area contributed by atoms with Crippen LogP contribution in [0.3, 0.4) is 0 Å². The third-order valence-corrected chi connectivity index (χ3v) is 4.48. The van der Waals surface area contributed by atoms with E-state index in [0.29, 0.717) is 0 Å². The number of hydrogen-bond donors (Lipinski definition) is 2. The first-order chi connectivity index (χ1) is 9.92. The number of H-pyrrole nitrogens is 1. The van der Waals surface area contributed by atoms with Crippen molar-refractivity contribution < 1.29 is 0 Å². The van der Waals surface area contributed by atoms with Gasteiger partial charge in [0.05, 0.1) is 0 Å². The summed E-state index contributed by atoms with van der Waals surface area (Å²) in [6, 6.07) is 8.77. The second-order valence-electron chi connectivity index (χ2n) is 5.78. The van der Waals surface area contributed by atoms with Gasteiger partial charge >= 0.3 is 0 Å². The number of rotatable bonds is 2. The van der Waals surface area contributed by atoms with Gasteiger partial charge in [0.25, 0.3) is 0 Å². The van der Waals surface area contributed by atoms with Crippen LogP contribution >= 0.6 is 0 Å². The van der Waals surface area contributed by atoms with Gasteiger partial charge in [-0.2, -0.15) is 0 Å². The first-order valence-electron chi connectivity index (χ1n) is 7.46. The van der Waals surface area contributed by atoms with Crippen LogP contribution < -0.4 is 5.32 Å². The minimum Gasteiger partial charge on any atom is -0.346 e. The molecule has 0 amide bonds. The zero-order chi connectivity index (χ0) is 13.4. The van der Waals surface area contributed by atoms with Crippen molar-refractivity contribution in [2.24, 2.45) is 5.92 Å². The van der Waals surface area contributed by atoms with Crippen LogP contribution in [-0.2, 0) is 6.42 Å². The molecule has 0 aliphatic carbocycles. The summed E-state index contributed by atoms with van der Waals surface area (Å²) in [5.74, 6) is 0.809. The normalized spacial score (nSPS) is 17.0. The van der Waals surface area contributed by atoms with E-state index in [9.17, 15) is 0 Å². The van der Waals surface area contributed by atoms with Crippen LogP contribution in [0, 0.1) is 5.92 Å². The van der Waals surface area contributed by atoms with Gasteiger partial charge in [0.2, 0.25) is 0 Å². The molecule has 3 heterocycles. The van der Waals surface area contributed by atoms with E-state index in [1.165, 1.54) is 41.0 Å². The fourth-order valence-electron chi connectivity index (χ4n) is 3.43. The van der Waals surface area contributed by atoms with Gasteiger partial charge in [-0.3, -0.25) is 0 Å². The molecular formula is C17H19N3. The quantitative estimate of drug-likeness (QED) is 0.746. The Kier molecular flexibility index (Phi) is 2.92. The van der Waals surface area contributed by atoms with Crippen LogP contribution in [0.1, 0.15) is 18.4 Å². The summed E-state index contributed by atoms with van der Waals surface area (Å²) < 4.78 is 0. The number of nitrogens with zero attached hydrogens (tertiary/aromatic N) is 1. The van der Waals surface area contributed by atoms with Crippen molar-refractivity contribution in [3.05, 3.63) is 42.2 Å². The third-order valence-electron chi connectivity index (χ3n) is 4.48. The van der Waals surface area contributed by atoms with E-state index in [4.69, 9.17) is 0 Å². The first-order valence-corrected chi connectivity index (χ1v) is 7.46. The summed E-state index contributed by atoms with van der Waals surface area (Å²) in [7, 11) is 0. The average Bonchev–Trinajstić information content (AvgIpc) is 2.97. The van der Waals surface area contributed by atoms with Crippen molar-refractivity contribution in [2.45, 2.75) is 19.3 Å². The molecule has 0 bridgehead atoms. The standard InChI is InChI=1S/C17H19N3/c1-2-13(10-12-4-7-18-8-5-12)16-14(3-1)11-20-17-15(16)6-9-19-17/h1-3,6,9,11-12,18H,4-5,7-8,10H2,(H,19,20). The first kappa shape index (κ1) is 11.9. The predicted molar refractivity (Wildman–Crippen MR) is 82.9 cm³/mol. The molecule has 1 fully saturated rings. The molecule has 2 N–H and O–H groups in total. The molecular weight excluding hydrogens is 246 g/mol. The van der Waals surface area contributed by atoms with Gasteiger partial charge in [0.1, 0.15) is 5.65 Å². The molecule has 102 valence electrons. The van der Waals surface area contributed by atoms with Gasteiger partial charge in [-0.15, -0.1) is 0 Å². The summed E-state index contributed by atoms with van der Waals surface area (Å²) >= 11 is 0. The molecule has 0 saturated carbocycles. The fraction of sp³-hybridized carbons (Fsp3) is 0.353. The monoisotopic (exact) mass is 265 g/mol. The van der Waals surface area contributed by atoms with Crippen molar-refractivity contribution in [3.63, 3.8) is 0 Å². The molecule has 0 radical (unpaired) electrons. The number of aromatic nitrogens is 2. The maximum atomic E-state index is 4.49. The molecule has 1 saturated heterocycles. The number of benzene rings is 1. The lowest BCUT2D eigenvalue weighted by Gasteiger charge is -2.23. The molecule has 4 rings (SSSR count). The Labute approximate surface area is 118 Å². The highest BCUT2D eigenvalue weighted by molar-refractivity contribution is 6.06. The van der Waals surface area contributed by atoms with Crippen molar-refractivity contribution in [1.29, 1.82) is 0 Å². The minimum absolute atomic E-state index is 0.809. The minimum atomic E-state index is 0.809. The maximum Gasteiger partial charge on any atom is 0.137 e. The summed E-state index contributed by atoms with van der Waals surface area (Å²) in [4.78, 5) is 7.71. The molecule has 20 heavy (non-hydrogen) atoms. The molecule has 1 aliphatic heterocycles. The number of piperidine rings is 1. The van der Waals surface area contributed by atoms with Gasteiger partial charge in [-0.05, 0) is 55.3 Å². The van der Waals surface area contributed by atoms with Gasteiger partial charge in [-0.1, -0.05) is 18.2 Å². The van der Waals surface area contributed by atoms with E-state index in [0.717, 1.165) is 24.7 Å². The highest BCUT2D eigenvalue weighted by Gasteiger charge is 2.16. The third kappa shape index (κ3) is 1.98. The van der Waals surface area contributed by atoms with E-state index in [1.807, 2.05) is 12.4 Å². The lowest BCUT2D eigenvalue weighted by Crippen LogP contribution is -2.28. The topological polar surface area (TPSA) is 40.7 Å². The fourth-order valence-corrected chi connectivity index (χ4v) is 3.43. The molecule has 1 aromatic carbocycles. The average molecular weight is 265 g/mol. The van der Waals surface area contributed by atoms with E-state index in [1.54, 1.807) is 0 Å². The molecule has 3 heteroatoms. The van der Waals surface area contributed by atoms with Crippen LogP contribution in [0.25, 0.3) is 21.8 Å². The highest BCUT2D eigenvalue weighted by Crippen LogP contribution is 2.29. The van der Waals surface area contributed by atoms with Gasteiger partial charge < -0.3 is 10.3 Å². The summed E-state index contributed by atoms with van der Waals surface area (Å²) in [6.07, 6.45) is 7.73. The highest BCUT2D eigenvalue weighted by atomic mass is 14.9. The summed E-state index contributed by atoms with van der Waals surface area (Å²) in [5, 5.41) is 7.34. The zero-order valence-corrected chi connectivity index (χ0v) is 11.5. The van der Waals surface area contributed by atoms with E-state index in [-0.39, 0.29) is 0 Å². The summed E-state index contributed by atoms with van der Waals surface area (Å²) in [5.41, 5.74) is 2.47. The number of pyridine rings is 1. The molecule has 0 atom stereocenters. The molecule has 3 nitrogen and oxygen atoms in total. The molecule has 3 aromatic rings. The van der Waals surface area contributed by atoms with Gasteiger partial charge in [0, 0.05) is 23.2 Å². The van der Waals surface area contributed by atoms with Crippen LogP contribution in [0.5, 0.6) is 0 Å². The Bertz CT molecular complexity index is 738. The smallest absolute Gasteiger partial charge is 0.137 e. The second kappa shape index (κ2) is 4.91. The Hall–Kier alpha value is -1.87. The van der Waals surface area contributed by atoms with Crippen LogP contribution in [0.15, 0.2) is 36.7 Å². The Balaban J connectivity index is 1.83. The number of aromatic amines is 1. The van der Waals surface area contributed by atoms with E-state index in [2.05, 4.69) is 39.6 Å². The molecule has 2 aromatic heterocycles. The van der Waals surface area contributed by atoms with Crippen molar-refractivity contribution >= 4 is 21.8 Å². The molecule has 0 spiro atoms. The van der Waals surface area contributed by atoms with E-state index < -0.39 is 0 Å².